The molecule has 0 radical (unpaired) electrons. The summed E-state index contributed by atoms with van der Waals surface area (Å²) >= 11 is 1.32. The monoisotopic (exact) mass is 478 g/mol. The third-order valence-electron chi connectivity index (χ3n) is 4.83. The van der Waals surface area contributed by atoms with Crippen LogP contribution < -0.4 is 10.6 Å². The Bertz CT molecular complexity index is 1230. The van der Waals surface area contributed by atoms with Gasteiger partial charge in [-0.15, -0.1) is 11.8 Å². The molecule has 9 heteroatoms. The van der Waals surface area contributed by atoms with E-state index in [9.17, 15) is 24.3 Å². The highest BCUT2D eigenvalue weighted by Gasteiger charge is 2.19. The van der Waals surface area contributed by atoms with Crippen molar-refractivity contribution in [2.45, 2.75) is 23.5 Å². The predicted octanol–water partition coefficient (Wildman–Crippen LogP) is 4.84. The van der Waals surface area contributed by atoms with Crippen molar-refractivity contribution in [1.29, 1.82) is 0 Å². The minimum Gasteiger partial charge on any atom is -0.478 e. The molecule has 0 aromatic heterocycles. The summed E-state index contributed by atoms with van der Waals surface area (Å²) in [7, 11) is 0. The second kappa shape index (κ2) is 11.2. The van der Waals surface area contributed by atoms with Crippen LogP contribution in [-0.2, 0) is 4.79 Å². The van der Waals surface area contributed by atoms with Crippen molar-refractivity contribution >= 4 is 46.9 Å². The molecule has 3 aromatic carbocycles. The molecule has 0 aliphatic rings. The lowest BCUT2D eigenvalue weighted by molar-refractivity contribution is -0.115. The van der Waals surface area contributed by atoms with Gasteiger partial charge in [0.05, 0.1) is 21.9 Å². The number of amides is 2. The Balaban J connectivity index is 1.68. The summed E-state index contributed by atoms with van der Waals surface area (Å²) in [4.78, 5) is 48.5. The van der Waals surface area contributed by atoms with Gasteiger partial charge in [-0.25, -0.2) is 9.59 Å². The Morgan fingerprint density at radius 2 is 1.47 bits per heavy atom. The van der Waals surface area contributed by atoms with Crippen molar-refractivity contribution in [1.82, 2.24) is 0 Å². The minimum atomic E-state index is -1.19. The van der Waals surface area contributed by atoms with Crippen molar-refractivity contribution in [3.8, 4) is 0 Å². The number of anilines is 2. The summed E-state index contributed by atoms with van der Waals surface area (Å²) in [5, 5.41) is 23.3. The Hall–Kier alpha value is -4.11. The first-order valence-corrected chi connectivity index (χ1v) is 11.2. The number of rotatable bonds is 9. The highest BCUT2D eigenvalue weighted by atomic mass is 32.2. The lowest BCUT2D eigenvalue weighted by atomic mass is 10.1. The summed E-state index contributed by atoms with van der Waals surface area (Å²) < 4.78 is 0. The number of carboxylic acid groups (broad SMARTS) is 2. The Kier molecular flexibility index (Phi) is 8.05. The van der Waals surface area contributed by atoms with Gasteiger partial charge in [0.25, 0.3) is 5.91 Å². The lowest BCUT2D eigenvalue weighted by Gasteiger charge is -2.16. The van der Waals surface area contributed by atoms with E-state index in [0.717, 1.165) is 4.90 Å². The van der Waals surface area contributed by atoms with E-state index in [1.807, 2.05) is 13.0 Å². The first-order valence-electron chi connectivity index (χ1n) is 10.3. The summed E-state index contributed by atoms with van der Waals surface area (Å²) in [6, 6.07) is 18.8. The Morgan fingerprint density at radius 1 is 0.794 bits per heavy atom. The average molecular weight is 479 g/mol. The number of carbonyl (C=O) groups excluding carboxylic acids is 2. The number of carboxylic acids is 2. The third kappa shape index (κ3) is 6.23. The van der Waals surface area contributed by atoms with Crippen molar-refractivity contribution in [2.75, 3.05) is 10.6 Å². The molecule has 0 spiro atoms. The zero-order valence-electron chi connectivity index (χ0n) is 18.1. The quantitative estimate of drug-likeness (QED) is 0.323. The number of carbonyl (C=O) groups is 4. The molecule has 0 saturated heterocycles. The van der Waals surface area contributed by atoms with Crippen molar-refractivity contribution in [3.05, 3.63) is 89.5 Å². The summed E-state index contributed by atoms with van der Waals surface area (Å²) in [6.07, 6.45) is 0.534. The molecule has 8 nitrogen and oxygen atoms in total. The van der Waals surface area contributed by atoms with Crippen molar-refractivity contribution in [3.63, 3.8) is 0 Å². The molecule has 2 amide bonds. The standard InChI is InChI=1S/C25H22N2O6S/c1-2-21(23(29)26-16-12-10-15(11-13-16)24(30)31)34-18-7-5-6-17(14-18)27-22(28)19-8-3-4-9-20(19)25(32)33/h3-14,21H,2H2,1H3,(H,26,29)(H,27,28)(H,30,31)(H,32,33). The number of thioether (sulfide) groups is 1. The molecule has 3 aromatic rings. The molecule has 4 N–H and O–H groups in total. The molecule has 0 fully saturated rings. The molecule has 0 bridgehead atoms. The van der Waals surface area contributed by atoms with E-state index in [-0.39, 0.29) is 22.6 Å². The number of benzene rings is 3. The Labute approximate surface area is 200 Å². The topological polar surface area (TPSA) is 133 Å². The lowest BCUT2D eigenvalue weighted by Crippen LogP contribution is -2.24. The first-order chi connectivity index (χ1) is 16.3. The Morgan fingerprint density at radius 3 is 2.09 bits per heavy atom. The number of aromatic carboxylic acids is 2. The van der Waals surface area contributed by atoms with Crippen LogP contribution in [0.15, 0.2) is 77.7 Å². The van der Waals surface area contributed by atoms with Gasteiger partial charge in [-0.1, -0.05) is 25.1 Å². The van der Waals surface area contributed by atoms with Crippen LogP contribution >= 0.6 is 11.8 Å². The normalized spacial score (nSPS) is 11.3. The van der Waals surface area contributed by atoms with Gasteiger partial charge in [0.2, 0.25) is 5.91 Å². The third-order valence-corrected chi connectivity index (χ3v) is 6.19. The maximum absolute atomic E-state index is 12.7. The molecule has 0 heterocycles. The highest BCUT2D eigenvalue weighted by molar-refractivity contribution is 8.00. The van der Waals surface area contributed by atoms with Gasteiger partial charge in [-0.05, 0) is 61.0 Å². The van der Waals surface area contributed by atoms with Crippen LogP contribution in [0, 0.1) is 0 Å². The fraction of sp³-hybridized carbons (Fsp3) is 0.120. The van der Waals surface area contributed by atoms with E-state index in [4.69, 9.17) is 5.11 Å². The van der Waals surface area contributed by atoms with Gasteiger partial charge in [-0.2, -0.15) is 0 Å². The maximum Gasteiger partial charge on any atom is 0.336 e. The smallest absolute Gasteiger partial charge is 0.336 e. The predicted molar refractivity (Wildman–Crippen MR) is 130 cm³/mol. The van der Waals surface area contributed by atoms with Gasteiger partial charge >= 0.3 is 11.9 Å². The van der Waals surface area contributed by atoms with E-state index < -0.39 is 23.1 Å². The number of hydrogen-bond donors (Lipinski definition) is 4. The maximum atomic E-state index is 12.7. The summed E-state index contributed by atoms with van der Waals surface area (Å²) in [5.74, 6) is -3.02. The van der Waals surface area contributed by atoms with Crippen LogP contribution in [0.1, 0.15) is 44.4 Å². The van der Waals surface area contributed by atoms with E-state index >= 15 is 0 Å². The second-order valence-electron chi connectivity index (χ2n) is 7.22. The molecule has 1 unspecified atom stereocenters. The molecule has 34 heavy (non-hydrogen) atoms. The molecule has 1 atom stereocenters. The van der Waals surface area contributed by atoms with Gasteiger partial charge in [0.1, 0.15) is 0 Å². The summed E-state index contributed by atoms with van der Waals surface area (Å²) in [6.45, 7) is 1.87. The molecule has 174 valence electrons. The second-order valence-corrected chi connectivity index (χ2v) is 8.50. The average Bonchev–Trinajstić information content (AvgIpc) is 2.83. The van der Waals surface area contributed by atoms with Crippen LogP contribution in [0.5, 0.6) is 0 Å². The molecule has 0 aliphatic carbocycles. The van der Waals surface area contributed by atoms with E-state index in [1.165, 1.54) is 48.2 Å². The fourth-order valence-corrected chi connectivity index (χ4v) is 4.13. The zero-order valence-corrected chi connectivity index (χ0v) is 19.0. The first kappa shape index (κ1) is 24.5. The fourth-order valence-electron chi connectivity index (χ4n) is 3.12. The van der Waals surface area contributed by atoms with Gasteiger partial charge < -0.3 is 20.8 Å². The van der Waals surface area contributed by atoms with Crippen molar-refractivity contribution in [2.24, 2.45) is 0 Å². The van der Waals surface area contributed by atoms with E-state index in [1.54, 1.807) is 30.3 Å². The van der Waals surface area contributed by atoms with E-state index in [0.29, 0.717) is 17.8 Å². The van der Waals surface area contributed by atoms with E-state index in [2.05, 4.69) is 10.6 Å². The SMILES string of the molecule is CCC(Sc1cccc(NC(=O)c2ccccc2C(=O)O)c1)C(=O)Nc1ccc(C(=O)O)cc1. The van der Waals surface area contributed by atoms with Gasteiger partial charge in [0.15, 0.2) is 0 Å². The van der Waals surface area contributed by atoms with Crippen molar-refractivity contribution < 1.29 is 29.4 Å². The molecular weight excluding hydrogens is 456 g/mol. The van der Waals surface area contributed by atoms with Crippen LogP contribution in [0.2, 0.25) is 0 Å². The van der Waals surface area contributed by atoms with Gasteiger partial charge in [-0.3, -0.25) is 9.59 Å². The van der Waals surface area contributed by atoms with Crippen LogP contribution in [-0.4, -0.2) is 39.2 Å². The molecule has 0 aliphatic heterocycles. The van der Waals surface area contributed by atoms with Crippen LogP contribution in [0.3, 0.4) is 0 Å². The molecule has 0 saturated carbocycles. The van der Waals surface area contributed by atoms with Crippen LogP contribution in [0.25, 0.3) is 0 Å². The molecular formula is C25H22N2O6S. The highest BCUT2D eigenvalue weighted by Crippen LogP contribution is 2.29. The number of hydrogen-bond acceptors (Lipinski definition) is 5. The minimum absolute atomic E-state index is 0.0489. The molecule has 3 rings (SSSR count). The zero-order chi connectivity index (χ0) is 24.7. The number of nitrogens with one attached hydrogen (secondary N) is 2. The largest absolute Gasteiger partial charge is 0.478 e. The summed E-state index contributed by atoms with van der Waals surface area (Å²) in [5.41, 5.74) is 1.04. The van der Waals surface area contributed by atoms with Gasteiger partial charge in [0, 0.05) is 16.3 Å². The van der Waals surface area contributed by atoms with Crippen LogP contribution in [0.4, 0.5) is 11.4 Å².